The van der Waals surface area contributed by atoms with Crippen LogP contribution in [0.5, 0.6) is 0 Å². The molecule has 0 aliphatic carbocycles. The molecule has 27 heavy (non-hydrogen) atoms. The highest BCUT2D eigenvalue weighted by Crippen LogP contribution is 2.24. The second kappa shape index (κ2) is 8.24. The van der Waals surface area contributed by atoms with Gasteiger partial charge in [0.1, 0.15) is 0 Å². The lowest BCUT2D eigenvalue weighted by Crippen LogP contribution is -2.40. The summed E-state index contributed by atoms with van der Waals surface area (Å²) in [6, 6.07) is 12.4. The zero-order valence-corrected chi connectivity index (χ0v) is 16.4. The summed E-state index contributed by atoms with van der Waals surface area (Å²) in [5.41, 5.74) is 3.73. The molecule has 0 spiro atoms. The summed E-state index contributed by atoms with van der Waals surface area (Å²) < 4.78 is 0. The van der Waals surface area contributed by atoms with Crippen molar-refractivity contribution in [1.29, 1.82) is 0 Å². The minimum absolute atomic E-state index is 0.0151. The van der Waals surface area contributed by atoms with E-state index in [2.05, 4.69) is 0 Å². The van der Waals surface area contributed by atoms with Crippen LogP contribution in [0.25, 0.3) is 0 Å². The average Bonchev–Trinajstić information content (AvgIpc) is 3.04. The van der Waals surface area contributed by atoms with Gasteiger partial charge >= 0.3 is 0 Å². The van der Waals surface area contributed by atoms with Crippen molar-refractivity contribution in [3.8, 4) is 0 Å². The van der Waals surface area contributed by atoms with Gasteiger partial charge < -0.3 is 10.0 Å². The standard InChI is InChI=1S/C22H24ClNO3/c1-14-3-7-17(11-15(14)2)22(27)24-13-19(25)12-20(24)21(26)10-6-16-4-8-18(23)9-5-16/h3-5,7-9,11,19-20,25H,6,10,12-13H2,1-2H3/t19-,20+/m1/s1. The normalized spacial score (nSPS) is 19.3. The van der Waals surface area contributed by atoms with Crippen LogP contribution in [0.1, 0.15) is 39.9 Å². The molecule has 1 fully saturated rings. The highest BCUT2D eigenvalue weighted by atomic mass is 35.5. The number of aliphatic hydroxyl groups excluding tert-OH is 1. The van der Waals surface area contributed by atoms with Crippen LogP contribution in [0.3, 0.4) is 0 Å². The Morgan fingerprint density at radius 2 is 1.81 bits per heavy atom. The van der Waals surface area contributed by atoms with Crippen LogP contribution in [-0.2, 0) is 11.2 Å². The summed E-state index contributed by atoms with van der Waals surface area (Å²) in [7, 11) is 0. The van der Waals surface area contributed by atoms with Crippen LogP contribution in [0.15, 0.2) is 42.5 Å². The predicted molar refractivity (Wildman–Crippen MR) is 106 cm³/mol. The van der Waals surface area contributed by atoms with Gasteiger partial charge in [0.2, 0.25) is 0 Å². The molecule has 142 valence electrons. The van der Waals surface area contributed by atoms with E-state index in [0.717, 1.165) is 16.7 Å². The monoisotopic (exact) mass is 385 g/mol. The van der Waals surface area contributed by atoms with E-state index in [1.165, 1.54) is 4.90 Å². The molecule has 3 rings (SSSR count). The minimum atomic E-state index is -0.662. The number of benzene rings is 2. The Morgan fingerprint density at radius 3 is 2.48 bits per heavy atom. The van der Waals surface area contributed by atoms with Gasteiger partial charge in [-0.2, -0.15) is 0 Å². The number of aryl methyl sites for hydroxylation is 3. The van der Waals surface area contributed by atoms with Crippen molar-refractivity contribution in [2.45, 2.75) is 45.3 Å². The summed E-state index contributed by atoms with van der Waals surface area (Å²) in [6.07, 6.45) is 0.560. The summed E-state index contributed by atoms with van der Waals surface area (Å²) in [5, 5.41) is 10.7. The van der Waals surface area contributed by atoms with Gasteiger partial charge in [0.15, 0.2) is 5.78 Å². The van der Waals surface area contributed by atoms with E-state index in [1.807, 2.05) is 38.1 Å². The maximum atomic E-state index is 12.9. The van der Waals surface area contributed by atoms with Crippen LogP contribution in [0, 0.1) is 13.8 Å². The molecule has 2 aromatic carbocycles. The van der Waals surface area contributed by atoms with E-state index < -0.39 is 12.1 Å². The fraction of sp³-hybridized carbons (Fsp3) is 0.364. The first-order valence-corrected chi connectivity index (χ1v) is 9.56. The summed E-state index contributed by atoms with van der Waals surface area (Å²) in [5.74, 6) is -0.210. The molecule has 5 heteroatoms. The Hall–Kier alpha value is -2.17. The molecular weight excluding hydrogens is 362 g/mol. The third-order valence-corrected chi connectivity index (χ3v) is 5.49. The van der Waals surface area contributed by atoms with E-state index in [-0.39, 0.29) is 18.2 Å². The molecule has 0 unspecified atom stereocenters. The van der Waals surface area contributed by atoms with Gasteiger partial charge in [0.25, 0.3) is 5.91 Å². The van der Waals surface area contributed by atoms with E-state index in [9.17, 15) is 14.7 Å². The van der Waals surface area contributed by atoms with Crippen LogP contribution in [0.4, 0.5) is 0 Å². The highest BCUT2D eigenvalue weighted by Gasteiger charge is 2.38. The lowest BCUT2D eigenvalue weighted by Gasteiger charge is -2.24. The number of halogens is 1. The lowest BCUT2D eigenvalue weighted by atomic mass is 10.0. The van der Waals surface area contributed by atoms with Crippen molar-refractivity contribution in [3.63, 3.8) is 0 Å². The molecule has 2 atom stereocenters. The van der Waals surface area contributed by atoms with Gasteiger partial charge in [-0.1, -0.05) is 29.8 Å². The van der Waals surface area contributed by atoms with Crippen molar-refractivity contribution in [3.05, 3.63) is 69.7 Å². The number of aliphatic hydroxyl groups is 1. The molecule has 0 bridgehead atoms. The third kappa shape index (κ3) is 4.57. The van der Waals surface area contributed by atoms with Crippen molar-refractivity contribution in [2.24, 2.45) is 0 Å². The van der Waals surface area contributed by atoms with Crippen molar-refractivity contribution in [1.82, 2.24) is 4.90 Å². The molecule has 1 amide bonds. The van der Waals surface area contributed by atoms with Gasteiger partial charge in [-0.25, -0.2) is 0 Å². The molecule has 0 radical (unpaired) electrons. The van der Waals surface area contributed by atoms with Crippen molar-refractivity contribution < 1.29 is 14.7 Å². The van der Waals surface area contributed by atoms with E-state index in [1.54, 1.807) is 18.2 Å². The smallest absolute Gasteiger partial charge is 0.254 e. The molecule has 2 aromatic rings. The zero-order valence-electron chi connectivity index (χ0n) is 15.6. The minimum Gasteiger partial charge on any atom is -0.391 e. The summed E-state index contributed by atoms with van der Waals surface area (Å²) >= 11 is 5.89. The Morgan fingerprint density at radius 1 is 1.11 bits per heavy atom. The lowest BCUT2D eigenvalue weighted by molar-refractivity contribution is -0.122. The number of hydrogen-bond donors (Lipinski definition) is 1. The van der Waals surface area contributed by atoms with Crippen LogP contribution in [0.2, 0.25) is 5.02 Å². The number of hydrogen-bond acceptors (Lipinski definition) is 3. The summed E-state index contributed by atoms with van der Waals surface area (Å²) in [4.78, 5) is 27.2. The van der Waals surface area contributed by atoms with E-state index in [4.69, 9.17) is 11.6 Å². The fourth-order valence-corrected chi connectivity index (χ4v) is 3.59. The fourth-order valence-electron chi connectivity index (χ4n) is 3.47. The summed E-state index contributed by atoms with van der Waals surface area (Å²) in [6.45, 7) is 4.15. The Bertz CT molecular complexity index is 847. The van der Waals surface area contributed by atoms with E-state index in [0.29, 0.717) is 29.8 Å². The molecule has 4 nitrogen and oxygen atoms in total. The molecule has 1 aliphatic heterocycles. The van der Waals surface area contributed by atoms with Crippen LogP contribution in [-0.4, -0.2) is 40.4 Å². The van der Waals surface area contributed by atoms with Gasteiger partial charge in [0, 0.05) is 30.0 Å². The number of nitrogens with zero attached hydrogens (tertiary/aromatic N) is 1. The maximum absolute atomic E-state index is 12.9. The molecule has 1 heterocycles. The van der Waals surface area contributed by atoms with Crippen molar-refractivity contribution in [2.75, 3.05) is 6.54 Å². The Labute approximate surface area is 164 Å². The Kier molecular flexibility index (Phi) is 5.98. The van der Waals surface area contributed by atoms with Gasteiger partial charge in [-0.15, -0.1) is 0 Å². The molecule has 0 saturated carbocycles. The number of carbonyl (C=O) groups is 2. The van der Waals surface area contributed by atoms with Gasteiger partial charge in [-0.3, -0.25) is 9.59 Å². The number of Topliss-reactive ketones (excluding diaryl/α,β-unsaturated/α-hetero) is 1. The number of rotatable bonds is 5. The predicted octanol–water partition coefficient (Wildman–Crippen LogP) is 3.73. The maximum Gasteiger partial charge on any atom is 0.254 e. The number of amides is 1. The van der Waals surface area contributed by atoms with Gasteiger partial charge in [0.05, 0.1) is 12.1 Å². The number of ketones is 1. The highest BCUT2D eigenvalue weighted by molar-refractivity contribution is 6.30. The first-order chi connectivity index (χ1) is 12.8. The number of β-amino-alcohol motifs (C(OH)–C–C–N with tert-alkyl or cyclic N) is 1. The number of likely N-dealkylation sites (tertiary alicyclic amines) is 1. The largest absolute Gasteiger partial charge is 0.391 e. The average molecular weight is 386 g/mol. The SMILES string of the molecule is Cc1ccc(C(=O)N2C[C@H](O)C[C@H]2C(=O)CCc2ccc(Cl)cc2)cc1C. The molecule has 1 N–H and O–H groups in total. The topological polar surface area (TPSA) is 57.6 Å². The van der Waals surface area contributed by atoms with Crippen LogP contribution < -0.4 is 0 Å². The first-order valence-electron chi connectivity index (χ1n) is 9.18. The second-order valence-electron chi connectivity index (χ2n) is 7.25. The van der Waals surface area contributed by atoms with Crippen molar-refractivity contribution >= 4 is 23.3 Å². The molecule has 1 saturated heterocycles. The molecular formula is C22H24ClNO3. The first kappa shape index (κ1) is 19.6. The molecule has 0 aromatic heterocycles. The Balaban J connectivity index is 1.70. The third-order valence-electron chi connectivity index (χ3n) is 5.24. The van der Waals surface area contributed by atoms with E-state index >= 15 is 0 Å². The zero-order chi connectivity index (χ0) is 19.6. The quantitative estimate of drug-likeness (QED) is 0.853. The van der Waals surface area contributed by atoms with Gasteiger partial charge in [-0.05, 0) is 61.2 Å². The van der Waals surface area contributed by atoms with Crippen LogP contribution >= 0.6 is 11.6 Å². The molecule has 1 aliphatic rings. The second-order valence-corrected chi connectivity index (χ2v) is 7.69. The number of carbonyl (C=O) groups excluding carboxylic acids is 2.